The molecule has 17 heavy (non-hydrogen) atoms. The molecule has 3 nitrogen and oxygen atoms in total. The number of benzene rings is 1. The first kappa shape index (κ1) is 14.4. The van der Waals surface area contributed by atoms with Gasteiger partial charge in [0, 0.05) is 0 Å². The number of hydrogen-bond donors (Lipinski definition) is 1. The van der Waals surface area contributed by atoms with Gasteiger partial charge in [-0.3, -0.25) is 0 Å². The van der Waals surface area contributed by atoms with Gasteiger partial charge in [0.05, 0.1) is 6.04 Å². The van der Waals surface area contributed by atoms with Gasteiger partial charge in [0.25, 0.3) is 0 Å². The summed E-state index contributed by atoms with van der Waals surface area (Å²) in [4.78, 5) is 11.4. The van der Waals surface area contributed by atoms with E-state index in [2.05, 4.69) is 5.32 Å². The molecule has 0 saturated heterocycles. The number of carbonyl (C=O) groups excluding carboxylic acids is 1. The van der Waals surface area contributed by atoms with Gasteiger partial charge in [0.2, 0.25) is 3.79 Å². The van der Waals surface area contributed by atoms with Crippen LogP contribution in [-0.2, 0) is 4.74 Å². The van der Waals surface area contributed by atoms with Gasteiger partial charge in [-0.2, -0.15) is 0 Å². The lowest BCUT2D eigenvalue weighted by Crippen LogP contribution is -2.30. The van der Waals surface area contributed by atoms with Crippen molar-refractivity contribution in [2.45, 2.75) is 16.8 Å². The fraction of sp³-hybridized carbons (Fsp3) is 0.364. The smallest absolute Gasteiger partial charge is 0.407 e. The molecule has 0 aliphatic rings. The van der Waals surface area contributed by atoms with Crippen LogP contribution in [0.4, 0.5) is 4.79 Å². The molecule has 1 rings (SSSR count). The van der Waals surface area contributed by atoms with Crippen LogP contribution in [0.1, 0.15) is 18.5 Å². The van der Waals surface area contributed by atoms with Gasteiger partial charge in [-0.1, -0.05) is 65.1 Å². The Bertz CT molecular complexity index is 365. The zero-order valence-electron chi connectivity index (χ0n) is 9.12. The predicted octanol–water partition coefficient (Wildman–Crippen LogP) is 3.84. The van der Waals surface area contributed by atoms with E-state index in [1.807, 2.05) is 37.3 Å². The minimum atomic E-state index is -1.59. The average Bonchev–Trinajstić information content (AvgIpc) is 2.27. The number of ether oxygens (including phenoxy) is 1. The first-order chi connectivity index (χ1) is 7.88. The third-order valence-electron chi connectivity index (χ3n) is 2.00. The van der Waals surface area contributed by atoms with Crippen LogP contribution in [0.2, 0.25) is 0 Å². The van der Waals surface area contributed by atoms with Gasteiger partial charge >= 0.3 is 6.09 Å². The molecular formula is C11H12Cl3NO2. The molecule has 1 amide bonds. The third kappa shape index (κ3) is 6.01. The standard InChI is InChI=1S/C11H12Cl3NO2/c1-8(9-5-3-2-4-6-9)15-10(16)17-7-11(12,13)14/h2-6,8H,7H2,1H3,(H,15,16). The molecule has 1 aromatic rings. The van der Waals surface area contributed by atoms with Crippen molar-refractivity contribution < 1.29 is 9.53 Å². The lowest BCUT2D eigenvalue weighted by molar-refractivity contribution is 0.145. The highest BCUT2D eigenvalue weighted by Crippen LogP contribution is 2.26. The van der Waals surface area contributed by atoms with Crippen LogP contribution < -0.4 is 5.32 Å². The SMILES string of the molecule is CC(NC(=O)OCC(Cl)(Cl)Cl)c1ccccc1. The van der Waals surface area contributed by atoms with Crippen molar-refractivity contribution >= 4 is 40.9 Å². The Labute approximate surface area is 115 Å². The molecule has 0 radical (unpaired) electrons. The number of nitrogens with one attached hydrogen (secondary N) is 1. The number of halogens is 3. The van der Waals surface area contributed by atoms with E-state index >= 15 is 0 Å². The predicted molar refractivity (Wildman–Crippen MR) is 69.6 cm³/mol. The summed E-state index contributed by atoms with van der Waals surface area (Å²) in [7, 11) is 0. The maximum absolute atomic E-state index is 11.4. The third-order valence-corrected chi connectivity index (χ3v) is 2.33. The summed E-state index contributed by atoms with van der Waals surface area (Å²) in [5.41, 5.74) is 0.971. The summed E-state index contributed by atoms with van der Waals surface area (Å²) in [5, 5.41) is 2.63. The van der Waals surface area contributed by atoms with Crippen molar-refractivity contribution in [1.82, 2.24) is 5.32 Å². The molecule has 0 spiro atoms. The van der Waals surface area contributed by atoms with E-state index in [1.165, 1.54) is 0 Å². The molecule has 0 bridgehead atoms. The Morgan fingerprint density at radius 2 is 1.94 bits per heavy atom. The Hall–Kier alpha value is -0.640. The van der Waals surface area contributed by atoms with E-state index < -0.39 is 9.89 Å². The Balaban J connectivity index is 2.42. The lowest BCUT2D eigenvalue weighted by Gasteiger charge is -2.16. The van der Waals surface area contributed by atoms with Crippen LogP contribution in [0, 0.1) is 0 Å². The molecule has 0 aliphatic heterocycles. The van der Waals surface area contributed by atoms with E-state index in [-0.39, 0.29) is 12.6 Å². The minimum absolute atomic E-state index is 0.168. The van der Waals surface area contributed by atoms with Crippen molar-refractivity contribution in [3.05, 3.63) is 35.9 Å². The largest absolute Gasteiger partial charge is 0.445 e. The highest BCUT2D eigenvalue weighted by atomic mass is 35.6. The van der Waals surface area contributed by atoms with Crippen molar-refractivity contribution in [1.29, 1.82) is 0 Å². The maximum atomic E-state index is 11.4. The number of carbonyl (C=O) groups is 1. The summed E-state index contributed by atoms with van der Waals surface area (Å²) in [6.07, 6.45) is -0.618. The number of alkyl carbamates (subject to hydrolysis) is 1. The van der Waals surface area contributed by atoms with Crippen LogP contribution >= 0.6 is 34.8 Å². The van der Waals surface area contributed by atoms with Crippen LogP contribution in [0.5, 0.6) is 0 Å². The molecule has 1 unspecified atom stereocenters. The van der Waals surface area contributed by atoms with Crippen molar-refractivity contribution in [2.75, 3.05) is 6.61 Å². The molecule has 0 fully saturated rings. The molecule has 6 heteroatoms. The van der Waals surface area contributed by atoms with Crippen molar-refractivity contribution in [3.8, 4) is 0 Å². The van der Waals surface area contributed by atoms with Crippen LogP contribution in [0.25, 0.3) is 0 Å². The van der Waals surface area contributed by atoms with E-state index in [0.717, 1.165) is 5.56 Å². The zero-order chi connectivity index (χ0) is 12.9. The Morgan fingerprint density at radius 3 is 2.47 bits per heavy atom. The zero-order valence-corrected chi connectivity index (χ0v) is 11.4. The second-order valence-corrected chi connectivity index (χ2v) is 5.98. The number of amides is 1. The summed E-state index contributed by atoms with van der Waals surface area (Å²) < 4.78 is 3.16. The molecule has 94 valence electrons. The Kier molecular flexibility index (Phi) is 5.37. The number of hydrogen-bond acceptors (Lipinski definition) is 2. The monoisotopic (exact) mass is 295 g/mol. The molecule has 0 saturated carbocycles. The lowest BCUT2D eigenvalue weighted by atomic mass is 10.1. The first-order valence-electron chi connectivity index (χ1n) is 4.93. The highest BCUT2D eigenvalue weighted by Gasteiger charge is 2.22. The van der Waals surface area contributed by atoms with Crippen molar-refractivity contribution in [3.63, 3.8) is 0 Å². The molecule has 0 aromatic heterocycles. The molecule has 1 N–H and O–H groups in total. The Morgan fingerprint density at radius 1 is 1.35 bits per heavy atom. The van der Waals surface area contributed by atoms with E-state index in [4.69, 9.17) is 39.5 Å². The van der Waals surface area contributed by atoms with Crippen LogP contribution in [-0.4, -0.2) is 16.5 Å². The highest BCUT2D eigenvalue weighted by molar-refractivity contribution is 6.67. The summed E-state index contributed by atoms with van der Waals surface area (Å²) in [6, 6.07) is 9.32. The fourth-order valence-electron chi connectivity index (χ4n) is 1.19. The van der Waals surface area contributed by atoms with Gasteiger partial charge in [-0.25, -0.2) is 4.79 Å². The van der Waals surface area contributed by atoms with Gasteiger partial charge in [0.15, 0.2) is 0 Å². The maximum Gasteiger partial charge on any atom is 0.407 e. The second kappa shape index (κ2) is 6.34. The molecule has 0 aliphatic carbocycles. The van der Waals surface area contributed by atoms with E-state index in [0.29, 0.717) is 0 Å². The molecule has 0 heterocycles. The quantitative estimate of drug-likeness (QED) is 0.861. The van der Waals surface area contributed by atoms with E-state index in [9.17, 15) is 4.79 Å². The van der Waals surface area contributed by atoms with Gasteiger partial charge in [-0.05, 0) is 12.5 Å². The van der Waals surface area contributed by atoms with Gasteiger partial charge < -0.3 is 10.1 Å². The van der Waals surface area contributed by atoms with Gasteiger partial charge in [0.1, 0.15) is 6.61 Å². The summed E-state index contributed by atoms with van der Waals surface area (Å²) >= 11 is 16.4. The number of alkyl halides is 3. The van der Waals surface area contributed by atoms with Crippen LogP contribution in [0.15, 0.2) is 30.3 Å². The topological polar surface area (TPSA) is 38.3 Å². The van der Waals surface area contributed by atoms with E-state index in [1.54, 1.807) is 0 Å². The van der Waals surface area contributed by atoms with Gasteiger partial charge in [-0.15, -0.1) is 0 Å². The summed E-state index contributed by atoms with van der Waals surface area (Å²) in [5.74, 6) is 0. The normalized spacial score (nSPS) is 12.9. The summed E-state index contributed by atoms with van der Waals surface area (Å²) in [6.45, 7) is 1.55. The molecule has 1 atom stereocenters. The first-order valence-corrected chi connectivity index (χ1v) is 6.07. The molecular weight excluding hydrogens is 284 g/mol. The van der Waals surface area contributed by atoms with Crippen LogP contribution in [0.3, 0.4) is 0 Å². The van der Waals surface area contributed by atoms with Crippen molar-refractivity contribution in [2.24, 2.45) is 0 Å². The average molecular weight is 297 g/mol. The second-order valence-electron chi connectivity index (χ2n) is 3.47. The number of rotatable bonds is 3. The fourth-order valence-corrected chi connectivity index (χ4v) is 1.35. The minimum Gasteiger partial charge on any atom is -0.445 e. The molecule has 1 aromatic carbocycles.